The first-order chi connectivity index (χ1) is 12.9. The smallest absolute Gasteiger partial charge is 0.319 e. The molecule has 2 N–H and O–H groups in total. The van der Waals surface area contributed by atoms with Gasteiger partial charge in [0, 0.05) is 18.8 Å². The number of carbonyl (C=O) groups excluding carboxylic acids is 3. The summed E-state index contributed by atoms with van der Waals surface area (Å²) in [5.74, 6) is -0.0858. The maximum Gasteiger partial charge on any atom is 0.319 e. The lowest BCUT2D eigenvalue weighted by atomic mass is 9.85. The first kappa shape index (κ1) is 17.8. The summed E-state index contributed by atoms with van der Waals surface area (Å²) in [6.45, 7) is 6.40. The van der Waals surface area contributed by atoms with E-state index in [4.69, 9.17) is 0 Å². The molecule has 1 saturated carbocycles. The van der Waals surface area contributed by atoms with E-state index >= 15 is 0 Å². The Morgan fingerprint density at radius 2 is 1.59 bits per heavy atom. The highest BCUT2D eigenvalue weighted by atomic mass is 16.2. The number of hydrogen-bond donors (Lipinski definition) is 2. The second kappa shape index (κ2) is 6.51. The van der Waals surface area contributed by atoms with E-state index in [1.165, 1.54) is 4.90 Å². The number of carbonyl (C=O) groups is 3. The van der Waals surface area contributed by atoms with Crippen LogP contribution in [0.15, 0.2) is 24.3 Å². The molecule has 3 aliphatic rings. The lowest BCUT2D eigenvalue weighted by molar-refractivity contribution is -0.140. The molecule has 1 aromatic rings. The van der Waals surface area contributed by atoms with Gasteiger partial charge < -0.3 is 10.6 Å². The number of aryl methyl sites for hydroxylation is 3. The van der Waals surface area contributed by atoms with Crippen molar-refractivity contribution >= 4 is 23.5 Å². The number of benzene rings is 1. The molecule has 6 heteroatoms. The van der Waals surface area contributed by atoms with Crippen molar-refractivity contribution in [1.29, 1.82) is 0 Å². The van der Waals surface area contributed by atoms with E-state index in [2.05, 4.69) is 22.8 Å². The number of amides is 4. The van der Waals surface area contributed by atoms with Crippen LogP contribution in [-0.4, -0.2) is 35.8 Å². The molecule has 142 valence electrons. The summed E-state index contributed by atoms with van der Waals surface area (Å²) in [6.07, 6.45) is 5.09. The highest BCUT2D eigenvalue weighted by Gasteiger charge is 2.58. The van der Waals surface area contributed by atoms with Crippen molar-refractivity contribution in [2.24, 2.45) is 23.7 Å². The first-order valence-corrected chi connectivity index (χ1v) is 9.53. The number of nitrogens with zero attached hydrogens (tertiary/aromatic N) is 1. The van der Waals surface area contributed by atoms with E-state index < -0.39 is 0 Å². The SMILES string of the molecule is Cc1cc(C)c(NC(=O)NCCN2C(=O)[C@@H]3[C@@H](C2=O)[C@H]2C=C[C@H]3C2)c(C)c1. The molecule has 1 aliphatic heterocycles. The maximum atomic E-state index is 12.6. The minimum Gasteiger partial charge on any atom is -0.336 e. The molecule has 2 bridgehead atoms. The maximum absolute atomic E-state index is 12.6. The molecule has 27 heavy (non-hydrogen) atoms. The molecule has 0 spiro atoms. The second-order valence-corrected chi connectivity index (χ2v) is 7.98. The molecule has 1 aromatic carbocycles. The molecule has 4 amide bonds. The molecule has 4 atom stereocenters. The Kier molecular flexibility index (Phi) is 4.29. The lowest BCUT2D eigenvalue weighted by Crippen LogP contribution is -2.41. The lowest BCUT2D eigenvalue weighted by Gasteiger charge is -2.18. The van der Waals surface area contributed by atoms with Gasteiger partial charge in [-0.2, -0.15) is 0 Å². The van der Waals surface area contributed by atoms with Crippen molar-refractivity contribution in [3.05, 3.63) is 41.0 Å². The van der Waals surface area contributed by atoms with Crippen LogP contribution in [0.3, 0.4) is 0 Å². The van der Waals surface area contributed by atoms with E-state index in [-0.39, 0.29) is 54.6 Å². The van der Waals surface area contributed by atoms with Crippen LogP contribution < -0.4 is 10.6 Å². The fourth-order valence-electron chi connectivity index (χ4n) is 5.00. The third kappa shape index (κ3) is 2.93. The van der Waals surface area contributed by atoms with E-state index in [9.17, 15) is 14.4 Å². The van der Waals surface area contributed by atoms with Gasteiger partial charge in [-0.25, -0.2) is 4.79 Å². The number of allylic oxidation sites excluding steroid dienone is 2. The Labute approximate surface area is 159 Å². The number of likely N-dealkylation sites (tertiary alicyclic amines) is 1. The molecule has 0 radical (unpaired) electrons. The fourth-order valence-corrected chi connectivity index (χ4v) is 5.00. The van der Waals surface area contributed by atoms with Gasteiger partial charge in [-0.3, -0.25) is 14.5 Å². The van der Waals surface area contributed by atoms with Crippen LogP contribution in [0.5, 0.6) is 0 Å². The molecule has 4 rings (SSSR count). The van der Waals surface area contributed by atoms with Gasteiger partial charge in [0.05, 0.1) is 11.8 Å². The van der Waals surface area contributed by atoms with E-state index in [0.717, 1.165) is 28.8 Å². The minimum absolute atomic E-state index is 0.0747. The Morgan fingerprint density at radius 1 is 1.04 bits per heavy atom. The van der Waals surface area contributed by atoms with Gasteiger partial charge in [0.2, 0.25) is 11.8 Å². The minimum atomic E-state index is -0.328. The molecule has 1 heterocycles. The van der Waals surface area contributed by atoms with Crippen molar-refractivity contribution in [2.75, 3.05) is 18.4 Å². The van der Waals surface area contributed by atoms with Crippen molar-refractivity contribution < 1.29 is 14.4 Å². The Morgan fingerprint density at radius 3 is 2.15 bits per heavy atom. The van der Waals surface area contributed by atoms with Gasteiger partial charge in [0.1, 0.15) is 0 Å². The van der Waals surface area contributed by atoms with Gasteiger partial charge in [0.15, 0.2) is 0 Å². The molecule has 1 saturated heterocycles. The molecule has 2 fully saturated rings. The van der Waals surface area contributed by atoms with Crippen LogP contribution in [0.4, 0.5) is 10.5 Å². The third-order valence-corrected chi connectivity index (χ3v) is 6.10. The van der Waals surface area contributed by atoms with Gasteiger partial charge in [-0.05, 0) is 50.2 Å². The van der Waals surface area contributed by atoms with Crippen molar-refractivity contribution in [2.45, 2.75) is 27.2 Å². The Hall–Kier alpha value is -2.63. The summed E-state index contributed by atoms with van der Waals surface area (Å²) in [6, 6.07) is 3.71. The molecule has 0 unspecified atom stereocenters. The van der Waals surface area contributed by atoms with Gasteiger partial charge in [0.25, 0.3) is 0 Å². The molecule has 0 aromatic heterocycles. The van der Waals surface area contributed by atoms with E-state index in [1.54, 1.807) is 0 Å². The molecule has 6 nitrogen and oxygen atoms in total. The summed E-state index contributed by atoms with van der Waals surface area (Å²) in [5.41, 5.74) is 3.95. The summed E-state index contributed by atoms with van der Waals surface area (Å²) in [7, 11) is 0. The van der Waals surface area contributed by atoms with Gasteiger partial charge in [-0.1, -0.05) is 29.8 Å². The van der Waals surface area contributed by atoms with Crippen LogP contribution in [0.1, 0.15) is 23.1 Å². The van der Waals surface area contributed by atoms with Crippen LogP contribution in [0.2, 0.25) is 0 Å². The number of fused-ring (bicyclic) bond motifs is 5. The zero-order valence-electron chi connectivity index (χ0n) is 15.9. The topological polar surface area (TPSA) is 78.5 Å². The predicted octanol–water partition coefficient (Wildman–Crippen LogP) is 2.54. The second-order valence-electron chi connectivity index (χ2n) is 7.98. The number of imide groups is 1. The van der Waals surface area contributed by atoms with Crippen LogP contribution >= 0.6 is 0 Å². The largest absolute Gasteiger partial charge is 0.336 e. The van der Waals surface area contributed by atoms with E-state index in [1.807, 2.05) is 32.9 Å². The summed E-state index contributed by atoms with van der Waals surface area (Å²) in [5, 5.41) is 5.63. The van der Waals surface area contributed by atoms with Crippen molar-refractivity contribution in [3.63, 3.8) is 0 Å². The monoisotopic (exact) mass is 367 g/mol. The normalized spacial score (nSPS) is 28.0. The van der Waals surface area contributed by atoms with Crippen LogP contribution in [-0.2, 0) is 9.59 Å². The highest BCUT2D eigenvalue weighted by molar-refractivity contribution is 6.06. The molecular weight excluding hydrogens is 342 g/mol. The molecular formula is C21H25N3O3. The van der Waals surface area contributed by atoms with E-state index in [0.29, 0.717) is 0 Å². The van der Waals surface area contributed by atoms with Crippen LogP contribution in [0.25, 0.3) is 0 Å². The number of anilines is 1. The number of hydrogen-bond acceptors (Lipinski definition) is 3. The van der Waals surface area contributed by atoms with Gasteiger partial charge >= 0.3 is 6.03 Å². The van der Waals surface area contributed by atoms with Crippen molar-refractivity contribution in [3.8, 4) is 0 Å². The summed E-state index contributed by atoms with van der Waals surface area (Å²) in [4.78, 5) is 38.8. The quantitative estimate of drug-likeness (QED) is 0.634. The van der Waals surface area contributed by atoms with Crippen molar-refractivity contribution in [1.82, 2.24) is 10.2 Å². The average molecular weight is 367 g/mol. The highest BCUT2D eigenvalue weighted by Crippen LogP contribution is 2.52. The number of nitrogens with one attached hydrogen (secondary N) is 2. The third-order valence-electron chi connectivity index (χ3n) is 6.10. The standard InChI is InChI=1S/C21H25N3O3/c1-11-8-12(2)18(13(3)9-11)23-21(27)22-6-7-24-19(25)16-14-4-5-15(10-14)17(16)20(24)26/h4-5,8-9,14-17H,6-7,10H2,1-3H3,(H2,22,23,27)/t14-,15-,16-,17-/m0/s1. The fraction of sp³-hybridized carbons (Fsp3) is 0.476. The summed E-state index contributed by atoms with van der Waals surface area (Å²) < 4.78 is 0. The first-order valence-electron chi connectivity index (χ1n) is 9.53. The predicted molar refractivity (Wildman–Crippen MR) is 102 cm³/mol. The van der Waals surface area contributed by atoms with Gasteiger partial charge in [-0.15, -0.1) is 0 Å². The Balaban J connectivity index is 1.32. The average Bonchev–Trinajstić information content (AvgIpc) is 3.27. The van der Waals surface area contributed by atoms with Crippen LogP contribution in [0, 0.1) is 44.4 Å². The zero-order chi connectivity index (χ0) is 19.3. The number of urea groups is 1. The number of rotatable bonds is 4. The zero-order valence-corrected chi connectivity index (χ0v) is 15.9. The molecule has 2 aliphatic carbocycles. The summed E-state index contributed by atoms with van der Waals surface area (Å²) >= 11 is 0. The Bertz CT molecular complexity index is 807.